The van der Waals surface area contributed by atoms with Crippen molar-refractivity contribution in [3.8, 4) is 5.75 Å². The monoisotopic (exact) mass is 308 g/mol. The molecule has 2 rings (SSSR count). The standard InChI is InChI=1S/C16H24N2O2S/c1-11-6-12(2)9-18(8-11)16(19)10-21-15-7-13(20-3)4-5-14(15)17/h4-5,7,11-12H,6,8-10,17H2,1-3H3. The zero-order chi connectivity index (χ0) is 15.4. The molecule has 1 aliphatic heterocycles. The minimum Gasteiger partial charge on any atom is -0.497 e. The fraction of sp³-hybridized carbons (Fsp3) is 0.562. The average Bonchev–Trinajstić information content (AvgIpc) is 2.45. The number of carbonyl (C=O) groups excluding carboxylic acids is 1. The number of methoxy groups -OCH3 is 1. The molecule has 1 aromatic rings. The Morgan fingerprint density at radius 1 is 1.38 bits per heavy atom. The van der Waals surface area contributed by atoms with Crippen LogP contribution in [0.3, 0.4) is 0 Å². The third kappa shape index (κ3) is 4.30. The lowest BCUT2D eigenvalue weighted by Crippen LogP contribution is -2.43. The summed E-state index contributed by atoms with van der Waals surface area (Å²) in [5.74, 6) is 2.56. The molecular weight excluding hydrogens is 284 g/mol. The molecule has 0 radical (unpaired) electrons. The van der Waals surface area contributed by atoms with E-state index in [0.29, 0.717) is 23.3 Å². The molecule has 1 fully saturated rings. The molecule has 116 valence electrons. The number of ether oxygens (including phenoxy) is 1. The predicted molar refractivity (Wildman–Crippen MR) is 87.7 cm³/mol. The van der Waals surface area contributed by atoms with Gasteiger partial charge in [0.1, 0.15) is 5.75 Å². The summed E-state index contributed by atoms with van der Waals surface area (Å²) in [5.41, 5.74) is 6.64. The molecule has 1 aliphatic rings. The van der Waals surface area contributed by atoms with Gasteiger partial charge in [0, 0.05) is 23.7 Å². The lowest BCUT2D eigenvalue weighted by atomic mass is 9.92. The molecule has 2 unspecified atom stereocenters. The van der Waals surface area contributed by atoms with Gasteiger partial charge in [-0.1, -0.05) is 13.8 Å². The smallest absolute Gasteiger partial charge is 0.232 e. The van der Waals surface area contributed by atoms with E-state index >= 15 is 0 Å². The highest BCUT2D eigenvalue weighted by Crippen LogP contribution is 2.30. The van der Waals surface area contributed by atoms with Crippen LogP contribution >= 0.6 is 11.8 Å². The maximum Gasteiger partial charge on any atom is 0.232 e. The summed E-state index contributed by atoms with van der Waals surface area (Å²) >= 11 is 1.48. The molecule has 1 aromatic carbocycles. The van der Waals surface area contributed by atoms with E-state index in [0.717, 1.165) is 23.7 Å². The molecule has 0 bridgehead atoms. The number of hydrogen-bond acceptors (Lipinski definition) is 4. The number of anilines is 1. The maximum atomic E-state index is 12.4. The van der Waals surface area contributed by atoms with E-state index in [1.807, 2.05) is 23.1 Å². The Morgan fingerprint density at radius 3 is 2.67 bits per heavy atom. The first-order chi connectivity index (χ1) is 9.99. The van der Waals surface area contributed by atoms with Gasteiger partial charge < -0.3 is 15.4 Å². The van der Waals surface area contributed by atoms with Gasteiger partial charge in [-0.3, -0.25) is 4.79 Å². The second-order valence-corrected chi connectivity index (χ2v) is 6.95. The number of amides is 1. The maximum absolute atomic E-state index is 12.4. The molecule has 2 atom stereocenters. The topological polar surface area (TPSA) is 55.6 Å². The van der Waals surface area contributed by atoms with E-state index in [1.165, 1.54) is 18.2 Å². The van der Waals surface area contributed by atoms with Crippen molar-refractivity contribution in [1.82, 2.24) is 4.90 Å². The van der Waals surface area contributed by atoms with Crippen molar-refractivity contribution in [1.29, 1.82) is 0 Å². The number of benzene rings is 1. The van der Waals surface area contributed by atoms with Crippen molar-refractivity contribution in [2.24, 2.45) is 11.8 Å². The summed E-state index contributed by atoms with van der Waals surface area (Å²) in [6, 6.07) is 5.53. The van der Waals surface area contributed by atoms with Crippen LogP contribution in [-0.2, 0) is 4.79 Å². The van der Waals surface area contributed by atoms with Gasteiger partial charge in [0.05, 0.1) is 12.9 Å². The fourth-order valence-electron chi connectivity index (χ4n) is 2.86. The SMILES string of the molecule is COc1ccc(N)c(SCC(=O)N2CC(C)CC(C)C2)c1. The first-order valence-electron chi connectivity index (χ1n) is 7.33. The van der Waals surface area contributed by atoms with Gasteiger partial charge >= 0.3 is 0 Å². The largest absolute Gasteiger partial charge is 0.497 e. The minimum atomic E-state index is 0.195. The Balaban J connectivity index is 1.94. The van der Waals surface area contributed by atoms with E-state index in [4.69, 9.17) is 10.5 Å². The van der Waals surface area contributed by atoms with Crippen LogP contribution in [0.1, 0.15) is 20.3 Å². The molecule has 2 N–H and O–H groups in total. The molecule has 21 heavy (non-hydrogen) atoms. The number of hydrogen-bond donors (Lipinski definition) is 1. The fourth-order valence-corrected chi connectivity index (χ4v) is 3.76. The Kier molecular flexibility index (Phi) is 5.39. The number of piperidine rings is 1. The Bertz CT molecular complexity index is 497. The van der Waals surface area contributed by atoms with Gasteiger partial charge in [-0.2, -0.15) is 0 Å². The predicted octanol–water partition coefficient (Wildman–Crippen LogP) is 2.87. The average molecular weight is 308 g/mol. The van der Waals surface area contributed by atoms with Gasteiger partial charge in [-0.15, -0.1) is 11.8 Å². The molecule has 1 heterocycles. The van der Waals surface area contributed by atoms with E-state index in [2.05, 4.69) is 13.8 Å². The van der Waals surface area contributed by atoms with E-state index in [9.17, 15) is 4.79 Å². The van der Waals surface area contributed by atoms with Crippen LogP contribution in [0.15, 0.2) is 23.1 Å². The van der Waals surface area contributed by atoms with Gasteiger partial charge in [-0.05, 0) is 36.5 Å². The molecule has 1 saturated heterocycles. The highest BCUT2D eigenvalue weighted by Gasteiger charge is 2.25. The summed E-state index contributed by atoms with van der Waals surface area (Å²) in [4.78, 5) is 15.3. The highest BCUT2D eigenvalue weighted by atomic mass is 32.2. The first kappa shape index (κ1) is 16.0. The number of nitrogens with zero attached hydrogens (tertiary/aromatic N) is 1. The summed E-state index contributed by atoms with van der Waals surface area (Å²) in [6.07, 6.45) is 1.21. The van der Waals surface area contributed by atoms with Crippen LogP contribution in [0.2, 0.25) is 0 Å². The molecular formula is C16H24N2O2S. The Morgan fingerprint density at radius 2 is 2.05 bits per heavy atom. The van der Waals surface area contributed by atoms with E-state index < -0.39 is 0 Å². The quantitative estimate of drug-likeness (QED) is 0.686. The van der Waals surface area contributed by atoms with Crippen molar-refractivity contribution >= 4 is 23.4 Å². The number of nitrogens with two attached hydrogens (primary N) is 1. The normalized spacial score (nSPS) is 22.1. The second kappa shape index (κ2) is 7.07. The molecule has 0 spiro atoms. The zero-order valence-electron chi connectivity index (χ0n) is 13.0. The lowest BCUT2D eigenvalue weighted by molar-refractivity contribution is -0.130. The summed E-state index contributed by atoms with van der Waals surface area (Å²) in [5, 5.41) is 0. The van der Waals surface area contributed by atoms with Gasteiger partial charge in [-0.25, -0.2) is 0 Å². The van der Waals surface area contributed by atoms with Crippen LogP contribution < -0.4 is 10.5 Å². The molecule has 1 amide bonds. The van der Waals surface area contributed by atoms with Crippen molar-refractivity contribution in [2.45, 2.75) is 25.2 Å². The van der Waals surface area contributed by atoms with Crippen LogP contribution in [0, 0.1) is 11.8 Å². The third-order valence-electron chi connectivity index (χ3n) is 3.79. The van der Waals surface area contributed by atoms with Crippen molar-refractivity contribution in [3.63, 3.8) is 0 Å². The van der Waals surface area contributed by atoms with Crippen LogP contribution in [0.4, 0.5) is 5.69 Å². The van der Waals surface area contributed by atoms with Crippen LogP contribution in [-0.4, -0.2) is 36.8 Å². The molecule has 0 saturated carbocycles. The number of carbonyl (C=O) groups is 1. The highest BCUT2D eigenvalue weighted by molar-refractivity contribution is 8.00. The van der Waals surface area contributed by atoms with Gasteiger partial charge in [0.25, 0.3) is 0 Å². The van der Waals surface area contributed by atoms with Gasteiger partial charge in [0.2, 0.25) is 5.91 Å². The molecule has 0 aromatic heterocycles. The first-order valence-corrected chi connectivity index (χ1v) is 8.32. The van der Waals surface area contributed by atoms with Crippen molar-refractivity contribution in [2.75, 3.05) is 31.7 Å². The zero-order valence-corrected chi connectivity index (χ0v) is 13.8. The lowest BCUT2D eigenvalue weighted by Gasteiger charge is -2.35. The van der Waals surface area contributed by atoms with Crippen LogP contribution in [0.5, 0.6) is 5.75 Å². The summed E-state index contributed by atoms with van der Waals surface area (Å²) in [7, 11) is 1.63. The number of nitrogen functional groups attached to an aromatic ring is 1. The summed E-state index contributed by atoms with van der Waals surface area (Å²) < 4.78 is 5.20. The van der Waals surface area contributed by atoms with Crippen molar-refractivity contribution < 1.29 is 9.53 Å². The number of rotatable bonds is 4. The molecule has 5 heteroatoms. The van der Waals surface area contributed by atoms with E-state index in [1.54, 1.807) is 7.11 Å². The minimum absolute atomic E-state index is 0.195. The second-order valence-electron chi connectivity index (χ2n) is 5.94. The number of thioether (sulfide) groups is 1. The third-order valence-corrected chi connectivity index (χ3v) is 4.85. The van der Waals surface area contributed by atoms with Gasteiger partial charge in [0.15, 0.2) is 0 Å². The van der Waals surface area contributed by atoms with Crippen molar-refractivity contribution in [3.05, 3.63) is 18.2 Å². The molecule has 0 aliphatic carbocycles. The molecule has 4 nitrogen and oxygen atoms in total. The Hall–Kier alpha value is -1.36. The summed E-state index contributed by atoms with van der Waals surface area (Å²) in [6.45, 7) is 6.17. The Labute approximate surface area is 131 Å². The number of likely N-dealkylation sites (tertiary alicyclic amines) is 1. The van der Waals surface area contributed by atoms with Crippen LogP contribution in [0.25, 0.3) is 0 Å². The van der Waals surface area contributed by atoms with E-state index in [-0.39, 0.29) is 5.91 Å².